The fraction of sp³-hybridized carbons (Fsp3) is 0. The Labute approximate surface area is 160 Å². The fourth-order valence-corrected chi connectivity index (χ4v) is 3.57. The van der Waals surface area contributed by atoms with Crippen molar-refractivity contribution in [2.45, 2.75) is 0 Å². The van der Waals surface area contributed by atoms with Gasteiger partial charge in [0.1, 0.15) is 11.5 Å². The van der Waals surface area contributed by atoms with Crippen molar-refractivity contribution in [3.8, 4) is 11.5 Å². The molecule has 0 atom stereocenters. The average molecular weight is 372 g/mol. The average Bonchev–Trinajstić information content (AvgIpc) is 3.21. The number of carboxylic acids is 1. The van der Waals surface area contributed by atoms with E-state index in [9.17, 15) is 9.90 Å². The second-order valence-electron chi connectivity index (χ2n) is 6.02. The molecule has 0 aliphatic carbocycles. The minimum Gasteiger partial charge on any atom is -0.478 e. The van der Waals surface area contributed by atoms with Gasteiger partial charge in [0.15, 0.2) is 0 Å². The number of hydrogen-bond acceptors (Lipinski definition) is 3. The van der Waals surface area contributed by atoms with Crippen LogP contribution in [0.4, 0.5) is 0 Å². The zero-order chi connectivity index (χ0) is 18.6. The highest BCUT2D eigenvalue weighted by molar-refractivity contribution is 7.11. The predicted molar refractivity (Wildman–Crippen MR) is 110 cm³/mol. The van der Waals surface area contributed by atoms with Crippen molar-refractivity contribution in [2.24, 2.45) is 0 Å². The largest absolute Gasteiger partial charge is 0.478 e. The standard InChI is InChI=1S/C23H16O3S/c24-23(25)21(22-6-3-13-27-22)14-16-7-10-19(11-8-16)26-20-12-9-17-4-1-2-5-18(17)15-20/h1-15H,(H,24,25)/b21-14-. The highest BCUT2D eigenvalue weighted by Crippen LogP contribution is 2.27. The van der Waals surface area contributed by atoms with E-state index in [1.54, 1.807) is 6.08 Å². The third-order valence-corrected chi connectivity index (χ3v) is 5.07. The van der Waals surface area contributed by atoms with Gasteiger partial charge in [0.05, 0.1) is 5.57 Å². The maximum atomic E-state index is 11.5. The van der Waals surface area contributed by atoms with E-state index in [4.69, 9.17) is 4.74 Å². The normalized spacial score (nSPS) is 11.5. The summed E-state index contributed by atoms with van der Waals surface area (Å²) in [6, 6.07) is 25.1. The number of fused-ring (bicyclic) bond motifs is 1. The van der Waals surface area contributed by atoms with Crippen molar-refractivity contribution in [3.05, 3.63) is 94.7 Å². The van der Waals surface area contributed by atoms with Crippen molar-refractivity contribution in [1.82, 2.24) is 0 Å². The first kappa shape index (κ1) is 17.1. The molecule has 132 valence electrons. The zero-order valence-electron chi connectivity index (χ0n) is 14.3. The van der Waals surface area contributed by atoms with Crippen LogP contribution in [0.5, 0.6) is 11.5 Å². The first-order valence-electron chi connectivity index (χ1n) is 8.45. The summed E-state index contributed by atoms with van der Waals surface area (Å²) in [5, 5.41) is 13.6. The Bertz CT molecular complexity index is 1110. The van der Waals surface area contributed by atoms with E-state index in [-0.39, 0.29) is 5.57 Å². The van der Waals surface area contributed by atoms with E-state index in [1.165, 1.54) is 16.7 Å². The Kier molecular flexibility index (Phi) is 4.73. The summed E-state index contributed by atoms with van der Waals surface area (Å²) in [5.74, 6) is 0.533. The second kappa shape index (κ2) is 7.48. The predicted octanol–water partition coefficient (Wildman–Crippen LogP) is 6.32. The lowest BCUT2D eigenvalue weighted by Crippen LogP contribution is -1.97. The van der Waals surface area contributed by atoms with Gasteiger partial charge in [-0.1, -0.05) is 48.5 Å². The smallest absolute Gasteiger partial charge is 0.337 e. The summed E-state index contributed by atoms with van der Waals surface area (Å²) in [6.07, 6.45) is 1.67. The highest BCUT2D eigenvalue weighted by Gasteiger charge is 2.11. The monoisotopic (exact) mass is 372 g/mol. The van der Waals surface area contributed by atoms with Gasteiger partial charge in [0.25, 0.3) is 0 Å². The van der Waals surface area contributed by atoms with Gasteiger partial charge < -0.3 is 9.84 Å². The maximum Gasteiger partial charge on any atom is 0.337 e. The molecule has 4 aromatic rings. The summed E-state index contributed by atoms with van der Waals surface area (Å²) >= 11 is 1.41. The number of benzene rings is 3. The fourth-order valence-electron chi connectivity index (χ4n) is 2.84. The molecule has 0 aliphatic heterocycles. The van der Waals surface area contributed by atoms with Gasteiger partial charge >= 0.3 is 5.97 Å². The third-order valence-electron chi connectivity index (χ3n) is 4.16. The van der Waals surface area contributed by atoms with Crippen LogP contribution >= 0.6 is 11.3 Å². The van der Waals surface area contributed by atoms with Crippen LogP contribution in [0.15, 0.2) is 84.2 Å². The summed E-state index contributed by atoms with van der Waals surface area (Å²) in [7, 11) is 0. The van der Waals surface area contributed by atoms with Crippen LogP contribution < -0.4 is 4.74 Å². The summed E-state index contributed by atoms with van der Waals surface area (Å²) in [4.78, 5) is 12.3. The summed E-state index contributed by atoms with van der Waals surface area (Å²) < 4.78 is 5.93. The number of thiophene rings is 1. The topological polar surface area (TPSA) is 46.5 Å². The van der Waals surface area contributed by atoms with E-state index in [0.29, 0.717) is 5.75 Å². The van der Waals surface area contributed by atoms with Crippen LogP contribution in [0.3, 0.4) is 0 Å². The van der Waals surface area contributed by atoms with E-state index in [0.717, 1.165) is 21.6 Å². The van der Waals surface area contributed by atoms with Crippen molar-refractivity contribution in [2.75, 3.05) is 0 Å². The maximum absolute atomic E-state index is 11.5. The third kappa shape index (κ3) is 3.91. The van der Waals surface area contributed by atoms with Gasteiger partial charge in [0, 0.05) is 4.88 Å². The Morgan fingerprint density at radius 1 is 0.852 bits per heavy atom. The molecule has 0 spiro atoms. The lowest BCUT2D eigenvalue weighted by molar-refractivity contribution is -0.130. The molecule has 3 aromatic carbocycles. The van der Waals surface area contributed by atoms with Crippen LogP contribution in [-0.2, 0) is 4.79 Å². The van der Waals surface area contributed by atoms with E-state index in [2.05, 4.69) is 6.07 Å². The molecule has 0 saturated carbocycles. The Hall–Kier alpha value is -3.37. The van der Waals surface area contributed by atoms with Crippen molar-refractivity contribution >= 4 is 39.7 Å². The summed E-state index contributed by atoms with van der Waals surface area (Å²) in [6.45, 7) is 0. The van der Waals surface area contributed by atoms with Crippen LogP contribution in [0.25, 0.3) is 22.4 Å². The van der Waals surface area contributed by atoms with E-state index >= 15 is 0 Å². The number of hydrogen-bond donors (Lipinski definition) is 1. The van der Waals surface area contributed by atoms with Crippen LogP contribution in [0.2, 0.25) is 0 Å². The molecule has 0 aliphatic rings. The minimum absolute atomic E-state index is 0.285. The molecule has 1 N–H and O–H groups in total. The molecule has 0 radical (unpaired) electrons. The number of ether oxygens (including phenoxy) is 1. The quantitative estimate of drug-likeness (QED) is 0.417. The molecular weight excluding hydrogens is 356 g/mol. The van der Waals surface area contributed by atoms with Crippen LogP contribution in [-0.4, -0.2) is 11.1 Å². The molecule has 27 heavy (non-hydrogen) atoms. The van der Waals surface area contributed by atoms with Gasteiger partial charge in [-0.2, -0.15) is 0 Å². The zero-order valence-corrected chi connectivity index (χ0v) is 15.1. The Balaban J connectivity index is 1.56. The van der Waals surface area contributed by atoms with Crippen molar-refractivity contribution in [1.29, 1.82) is 0 Å². The SMILES string of the molecule is O=C(O)/C(=C\c1ccc(Oc2ccc3ccccc3c2)cc1)c1cccs1. The lowest BCUT2D eigenvalue weighted by atomic mass is 10.1. The molecular formula is C23H16O3S. The molecule has 4 rings (SSSR count). The van der Waals surface area contributed by atoms with E-state index in [1.807, 2.05) is 78.2 Å². The first-order chi connectivity index (χ1) is 13.2. The highest BCUT2D eigenvalue weighted by atomic mass is 32.1. The summed E-state index contributed by atoms with van der Waals surface area (Å²) in [5.41, 5.74) is 1.10. The second-order valence-corrected chi connectivity index (χ2v) is 6.97. The minimum atomic E-state index is -0.936. The van der Waals surface area contributed by atoms with Crippen molar-refractivity contribution < 1.29 is 14.6 Å². The Morgan fingerprint density at radius 3 is 2.30 bits per heavy atom. The number of carbonyl (C=O) groups is 1. The Morgan fingerprint density at radius 2 is 1.59 bits per heavy atom. The van der Waals surface area contributed by atoms with Gasteiger partial charge in [-0.05, 0) is 58.1 Å². The molecule has 0 fully saturated rings. The van der Waals surface area contributed by atoms with Gasteiger partial charge in [-0.15, -0.1) is 11.3 Å². The number of aliphatic carboxylic acids is 1. The van der Waals surface area contributed by atoms with Gasteiger partial charge in [-0.3, -0.25) is 0 Å². The van der Waals surface area contributed by atoms with Crippen molar-refractivity contribution in [3.63, 3.8) is 0 Å². The molecule has 4 heteroatoms. The molecule has 0 saturated heterocycles. The first-order valence-corrected chi connectivity index (χ1v) is 9.32. The van der Waals surface area contributed by atoms with Gasteiger partial charge in [-0.25, -0.2) is 4.79 Å². The number of rotatable bonds is 5. The number of carboxylic acid groups (broad SMARTS) is 1. The molecule has 1 heterocycles. The molecule has 0 unspecified atom stereocenters. The molecule has 3 nitrogen and oxygen atoms in total. The van der Waals surface area contributed by atoms with Crippen LogP contribution in [0.1, 0.15) is 10.4 Å². The molecule has 0 amide bonds. The van der Waals surface area contributed by atoms with E-state index < -0.39 is 5.97 Å². The van der Waals surface area contributed by atoms with Crippen LogP contribution in [0, 0.1) is 0 Å². The molecule has 1 aromatic heterocycles. The van der Waals surface area contributed by atoms with Gasteiger partial charge in [0.2, 0.25) is 0 Å². The molecule has 0 bridgehead atoms. The lowest BCUT2D eigenvalue weighted by Gasteiger charge is -2.07.